The molecule has 0 spiro atoms. The van der Waals surface area contributed by atoms with Crippen molar-refractivity contribution < 1.29 is 9.53 Å². The number of rotatable bonds is 7. The van der Waals surface area contributed by atoms with Crippen molar-refractivity contribution in [2.75, 3.05) is 13.1 Å². The van der Waals surface area contributed by atoms with Crippen LogP contribution in [0, 0.1) is 11.8 Å². The van der Waals surface area contributed by atoms with E-state index in [-0.39, 0.29) is 12.1 Å². The molecule has 0 saturated heterocycles. The molecule has 1 amide bonds. The molecule has 0 saturated carbocycles. The van der Waals surface area contributed by atoms with Crippen LogP contribution in [-0.4, -0.2) is 30.8 Å². The maximum atomic E-state index is 11.6. The second-order valence-corrected chi connectivity index (χ2v) is 6.32. The van der Waals surface area contributed by atoms with Gasteiger partial charge >= 0.3 is 6.09 Å². The predicted octanol–water partition coefficient (Wildman–Crippen LogP) is 2.95. The maximum Gasteiger partial charge on any atom is 0.407 e. The van der Waals surface area contributed by atoms with Crippen LogP contribution in [0.15, 0.2) is 12.7 Å². The van der Waals surface area contributed by atoms with Crippen LogP contribution in [0.25, 0.3) is 0 Å². The highest BCUT2D eigenvalue weighted by Gasteiger charge is 2.19. The summed E-state index contributed by atoms with van der Waals surface area (Å²) < 4.78 is 5.23. The average molecular weight is 270 g/mol. The van der Waals surface area contributed by atoms with Crippen molar-refractivity contribution in [1.82, 2.24) is 10.6 Å². The van der Waals surface area contributed by atoms with Gasteiger partial charge in [0.15, 0.2) is 0 Å². The minimum Gasteiger partial charge on any atom is -0.444 e. The number of alkyl carbamates (subject to hydrolysis) is 1. The Labute approximate surface area is 118 Å². The molecular formula is C15H30N2O2. The summed E-state index contributed by atoms with van der Waals surface area (Å²) in [6.07, 6.45) is 1.52. The molecular weight excluding hydrogens is 240 g/mol. The molecule has 0 aromatic rings. The molecule has 2 atom stereocenters. The number of amides is 1. The second-order valence-electron chi connectivity index (χ2n) is 6.32. The molecule has 0 aliphatic heterocycles. The molecule has 19 heavy (non-hydrogen) atoms. The number of hydrogen-bond acceptors (Lipinski definition) is 3. The van der Waals surface area contributed by atoms with Gasteiger partial charge in [0.25, 0.3) is 0 Å². The molecule has 0 rings (SSSR count). The quantitative estimate of drug-likeness (QED) is 0.699. The SMILES string of the molecule is C=CC(C)NCC(CNC(=O)OC(C)(C)C)C(C)C. The van der Waals surface area contributed by atoms with Crippen LogP contribution in [0.4, 0.5) is 4.79 Å². The van der Waals surface area contributed by atoms with Crippen LogP contribution in [0.2, 0.25) is 0 Å². The fourth-order valence-corrected chi connectivity index (χ4v) is 1.49. The molecule has 0 heterocycles. The van der Waals surface area contributed by atoms with Crippen LogP contribution < -0.4 is 10.6 Å². The number of nitrogens with one attached hydrogen (secondary N) is 2. The van der Waals surface area contributed by atoms with E-state index in [9.17, 15) is 4.79 Å². The largest absolute Gasteiger partial charge is 0.444 e. The van der Waals surface area contributed by atoms with Crippen LogP contribution >= 0.6 is 0 Å². The Morgan fingerprint density at radius 1 is 1.26 bits per heavy atom. The summed E-state index contributed by atoms with van der Waals surface area (Å²) in [7, 11) is 0. The van der Waals surface area contributed by atoms with Gasteiger partial charge in [-0.1, -0.05) is 19.9 Å². The first-order valence-electron chi connectivity index (χ1n) is 6.98. The van der Waals surface area contributed by atoms with Gasteiger partial charge in [0, 0.05) is 19.1 Å². The van der Waals surface area contributed by atoms with E-state index in [2.05, 4.69) is 38.0 Å². The lowest BCUT2D eigenvalue weighted by molar-refractivity contribution is 0.0515. The van der Waals surface area contributed by atoms with Crippen molar-refractivity contribution in [3.63, 3.8) is 0 Å². The number of hydrogen-bond donors (Lipinski definition) is 2. The lowest BCUT2D eigenvalue weighted by Gasteiger charge is -2.25. The number of ether oxygens (including phenoxy) is 1. The van der Waals surface area contributed by atoms with Crippen molar-refractivity contribution in [3.05, 3.63) is 12.7 Å². The highest BCUT2D eigenvalue weighted by Crippen LogP contribution is 2.10. The first-order chi connectivity index (χ1) is 8.65. The molecule has 0 fully saturated rings. The molecule has 0 radical (unpaired) electrons. The van der Waals surface area contributed by atoms with E-state index in [0.717, 1.165) is 6.54 Å². The summed E-state index contributed by atoms with van der Waals surface area (Å²) in [6.45, 7) is 17.2. The molecule has 0 bridgehead atoms. The lowest BCUT2D eigenvalue weighted by Crippen LogP contribution is -2.41. The first-order valence-corrected chi connectivity index (χ1v) is 6.98. The number of carbonyl (C=O) groups excluding carboxylic acids is 1. The highest BCUT2D eigenvalue weighted by atomic mass is 16.6. The van der Waals surface area contributed by atoms with Gasteiger partial charge in [-0.25, -0.2) is 4.79 Å². The van der Waals surface area contributed by atoms with Gasteiger partial charge in [-0.3, -0.25) is 0 Å². The van der Waals surface area contributed by atoms with Gasteiger partial charge in [0.2, 0.25) is 0 Å². The molecule has 112 valence electrons. The summed E-state index contributed by atoms with van der Waals surface area (Å²) in [4.78, 5) is 11.6. The van der Waals surface area contributed by atoms with Gasteiger partial charge in [0.05, 0.1) is 0 Å². The van der Waals surface area contributed by atoms with Gasteiger partial charge in [0.1, 0.15) is 5.60 Å². The zero-order chi connectivity index (χ0) is 15.1. The van der Waals surface area contributed by atoms with Crippen molar-refractivity contribution >= 4 is 6.09 Å². The summed E-state index contributed by atoms with van der Waals surface area (Å²) in [5, 5.41) is 6.21. The van der Waals surface area contributed by atoms with Crippen LogP contribution in [-0.2, 0) is 4.74 Å². The third-order valence-electron chi connectivity index (χ3n) is 2.91. The zero-order valence-corrected chi connectivity index (χ0v) is 13.2. The average Bonchev–Trinajstić information content (AvgIpc) is 2.25. The molecule has 2 unspecified atom stereocenters. The molecule has 4 heteroatoms. The third-order valence-corrected chi connectivity index (χ3v) is 2.91. The Morgan fingerprint density at radius 2 is 1.84 bits per heavy atom. The Hall–Kier alpha value is -1.03. The van der Waals surface area contributed by atoms with Gasteiger partial charge < -0.3 is 15.4 Å². The van der Waals surface area contributed by atoms with E-state index < -0.39 is 5.60 Å². The summed E-state index contributed by atoms with van der Waals surface area (Å²) in [6, 6.07) is 0.280. The smallest absolute Gasteiger partial charge is 0.407 e. The third kappa shape index (κ3) is 9.54. The molecule has 0 aromatic carbocycles. The van der Waals surface area contributed by atoms with Crippen LogP contribution in [0.1, 0.15) is 41.5 Å². The fourth-order valence-electron chi connectivity index (χ4n) is 1.49. The van der Waals surface area contributed by atoms with E-state index in [0.29, 0.717) is 18.4 Å². The van der Waals surface area contributed by atoms with Gasteiger partial charge in [-0.2, -0.15) is 0 Å². The molecule has 2 N–H and O–H groups in total. The van der Waals surface area contributed by atoms with E-state index in [1.807, 2.05) is 26.8 Å². The minimum absolute atomic E-state index is 0.280. The Bertz CT molecular complexity index is 282. The predicted molar refractivity (Wildman–Crippen MR) is 80.2 cm³/mol. The van der Waals surface area contributed by atoms with Gasteiger partial charge in [-0.05, 0) is 39.5 Å². The monoisotopic (exact) mass is 270 g/mol. The van der Waals surface area contributed by atoms with Crippen LogP contribution in [0.3, 0.4) is 0 Å². The standard InChI is InChI=1S/C15H30N2O2/c1-8-12(4)16-9-13(11(2)3)10-17-14(18)19-15(5,6)7/h8,11-13,16H,1,9-10H2,2-7H3,(H,17,18). The zero-order valence-electron chi connectivity index (χ0n) is 13.2. The van der Waals surface area contributed by atoms with E-state index in [1.165, 1.54) is 0 Å². The fraction of sp³-hybridized carbons (Fsp3) is 0.800. The van der Waals surface area contributed by atoms with Crippen molar-refractivity contribution in [1.29, 1.82) is 0 Å². The minimum atomic E-state index is -0.451. The van der Waals surface area contributed by atoms with E-state index >= 15 is 0 Å². The Kier molecular flexibility index (Phi) is 7.76. The molecule has 0 aromatic heterocycles. The van der Waals surface area contributed by atoms with Gasteiger partial charge in [-0.15, -0.1) is 6.58 Å². The molecule has 0 aliphatic rings. The maximum absolute atomic E-state index is 11.6. The molecule has 0 aliphatic carbocycles. The highest BCUT2D eigenvalue weighted by molar-refractivity contribution is 5.67. The normalized spacial score (nSPS) is 14.9. The molecule has 4 nitrogen and oxygen atoms in total. The summed E-state index contributed by atoms with van der Waals surface area (Å²) in [5.41, 5.74) is -0.451. The van der Waals surface area contributed by atoms with E-state index in [1.54, 1.807) is 0 Å². The van der Waals surface area contributed by atoms with Crippen molar-refractivity contribution in [3.8, 4) is 0 Å². The van der Waals surface area contributed by atoms with E-state index in [4.69, 9.17) is 4.74 Å². The first kappa shape index (κ1) is 18.0. The summed E-state index contributed by atoms with van der Waals surface area (Å²) in [5.74, 6) is 0.856. The topological polar surface area (TPSA) is 50.4 Å². The van der Waals surface area contributed by atoms with Crippen molar-refractivity contribution in [2.45, 2.75) is 53.2 Å². The summed E-state index contributed by atoms with van der Waals surface area (Å²) >= 11 is 0. The lowest BCUT2D eigenvalue weighted by atomic mass is 9.95. The Balaban J connectivity index is 4.14. The van der Waals surface area contributed by atoms with Crippen molar-refractivity contribution in [2.24, 2.45) is 11.8 Å². The Morgan fingerprint density at radius 3 is 2.26 bits per heavy atom. The number of carbonyl (C=O) groups is 1. The second kappa shape index (κ2) is 8.20. The van der Waals surface area contributed by atoms with Crippen LogP contribution in [0.5, 0.6) is 0 Å².